The van der Waals surface area contributed by atoms with Gasteiger partial charge in [0.15, 0.2) is 0 Å². The first-order chi connectivity index (χ1) is 5.99. The first-order valence-electron chi connectivity index (χ1n) is 3.80. The molecule has 1 rings (SSSR count). The fourth-order valence-electron chi connectivity index (χ4n) is 1.00. The standard InChI is InChI=1S/C8H11ClNO2P/c1-7(12-13(9,10)11)8-5-3-2-4-6-8/h2-7H,1H3,(H2,10,11)/t7-,13?/m1/s1. The van der Waals surface area contributed by atoms with Crippen LogP contribution in [0.1, 0.15) is 18.6 Å². The number of nitrogens with two attached hydrogens (primary N) is 1. The maximum Gasteiger partial charge on any atom is 0.358 e. The molecule has 0 bridgehead atoms. The molecule has 0 aliphatic rings. The highest BCUT2D eigenvalue weighted by Crippen LogP contribution is 2.47. The van der Waals surface area contributed by atoms with E-state index in [0.717, 1.165) is 5.56 Å². The zero-order valence-electron chi connectivity index (χ0n) is 7.18. The van der Waals surface area contributed by atoms with Crippen LogP contribution in [0.25, 0.3) is 0 Å². The van der Waals surface area contributed by atoms with Crippen LogP contribution in [-0.2, 0) is 9.09 Å². The van der Waals surface area contributed by atoms with Crippen LogP contribution in [0.2, 0.25) is 0 Å². The SMILES string of the molecule is C[C@@H](OP(N)(=O)Cl)c1ccccc1. The van der Waals surface area contributed by atoms with Crippen LogP contribution in [0, 0.1) is 0 Å². The molecule has 2 N–H and O–H groups in total. The van der Waals surface area contributed by atoms with Crippen LogP contribution in [0.3, 0.4) is 0 Å². The predicted molar refractivity (Wildman–Crippen MR) is 53.6 cm³/mol. The minimum Gasteiger partial charge on any atom is -0.298 e. The van der Waals surface area contributed by atoms with Gasteiger partial charge in [0, 0.05) is 0 Å². The zero-order chi connectivity index (χ0) is 9.90. The second-order valence-corrected chi connectivity index (χ2v) is 5.35. The fourth-order valence-corrected chi connectivity index (χ4v) is 1.91. The Labute approximate surface area is 82.1 Å². The van der Waals surface area contributed by atoms with Crippen LogP contribution in [-0.4, -0.2) is 0 Å². The summed E-state index contributed by atoms with van der Waals surface area (Å²) in [5.74, 6) is 0. The van der Waals surface area contributed by atoms with Crippen molar-refractivity contribution in [3.8, 4) is 0 Å². The molecule has 5 heteroatoms. The number of rotatable bonds is 3. The predicted octanol–water partition coefficient (Wildman–Crippen LogP) is 3.07. The smallest absolute Gasteiger partial charge is 0.298 e. The van der Waals surface area contributed by atoms with Gasteiger partial charge in [-0.2, -0.15) is 0 Å². The lowest BCUT2D eigenvalue weighted by atomic mass is 10.1. The Bertz CT molecular complexity index is 311. The van der Waals surface area contributed by atoms with Gasteiger partial charge in [-0.05, 0) is 23.7 Å². The van der Waals surface area contributed by atoms with Crippen molar-refractivity contribution in [3.05, 3.63) is 35.9 Å². The highest BCUT2D eigenvalue weighted by Gasteiger charge is 2.17. The van der Waals surface area contributed by atoms with Crippen molar-refractivity contribution >= 4 is 18.1 Å². The summed E-state index contributed by atoms with van der Waals surface area (Å²) < 4.78 is 15.8. The van der Waals surface area contributed by atoms with E-state index in [1.165, 1.54) is 0 Å². The highest BCUT2D eigenvalue weighted by molar-refractivity contribution is 7.83. The number of halogens is 1. The highest BCUT2D eigenvalue weighted by atomic mass is 35.7. The average molecular weight is 220 g/mol. The topological polar surface area (TPSA) is 52.3 Å². The molecule has 0 heterocycles. The van der Waals surface area contributed by atoms with Crippen LogP contribution < -0.4 is 5.50 Å². The Hall–Kier alpha value is -0.340. The molecule has 0 spiro atoms. The molecule has 0 amide bonds. The molecule has 1 aromatic carbocycles. The number of benzene rings is 1. The Morgan fingerprint density at radius 2 is 2.00 bits per heavy atom. The van der Waals surface area contributed by atoms with E-state index in [4.69, 9.17) is 21.3 Å². The maximum atomic E-state index is 10.9. The summed E-state index contributed by atoms with van der Waals surface area (Å²) in [6, 6.07) is 9.34. The largest absolute Gasteiger partial charge is 0.358 e. The molecule has 1 aromatic rings. The third-order valence-corrected chi connectivity index (χ3v) is 2.41. The Morgan fingerprint density at radius 1 is 1.46 bits per heavy atom. The van der Waals surface area contributed by atoms with E-state index in [1.54, 1.807) is 6.92 Å². The molecule has 0 aliphatic carbocycles. The molecule has 0 fully saturated rings. The summed E-state index contributed by atoms with van der Waals surface area (Å²) in [6.45, 7) is -1.67. The molecule has 0 saturated heterocycles. The molecule has 0 radical (unpaired) electrons. The van der Waals surface area contributed by atoms with Crippen LogP contribution in [0.4, 0.5) is 0 Å². The lowest BCUT2D eigenvalue weighted by Gasteiger charge is -2.14. The molecule has 0 saturated carbocycles. The Balaban J connectivity index is 2.70. The second kappa shape index (κ2) is 4.25. The molecule has 0 aliphatic heterocycles. The van der Waals surface area contributed by atoms with Gasteiger partial charge in [-0.15, -0.1) is 0 Å². The van der Waals surface area contributed by atoms with Gasteiger partial charge < -0.3 is 0 Å². The van der Waals surface area contributed by atoms with Gasteiger partial charge in [-0.3, -0.25) is 9.09 Å². The number of hydrogen-bond acceptors (Lipinski definition) is 2. The van der Waals surface area contributed by atoms with Crippen molar-refractivity contribution in [2.45, 2.75) is 13.0 Å². The van der Waals surface area contributed by atoms with Gasteiger partial charge in [0.2, 0.25) is 0 Å². The van der Waals surface area contributed by atoms with Crippen LogP contribution >= 0.6 is 18.1 Å². The summed E-state index contributed by atoms with van der Waals surface area (Å²) in [5, 5.41) is 0. The zero-order valence-corrected chi connectivity index (χ0v) is 8.83. The molecule has 1 unspecified atom stereocenters. The van der Waals surface area contributed by atoms with Crippen molar-refractivity contribution in [2.24, 2.45) is 5.50 Å². The van der Waals surface area contributed by atoms with Crippen molar-refractivity contribution in [3.63, 3.8) is 0 Å². The van der Waals surface area contributed by atoms with E-state index in [-0.39, 0.29) is 6.10 Å². The summed E-state index contributed by atoms with van der Waals surface area (Å²) in [7, 11) is 0. The fraction of sp³-hybridized carbons (Fsp3) is 0.250. The summed E-state index contributed by atoms with van der Waals surface area (Å²) >= 11 is 5.29. The summed E-state index contributed by atoms with van der Waals surface area (Å²) in [4.78, 5) is 0. The monoisotopic (exact) mass is 219 g/mol. The average Bonchev–Trinajstić information content (AvgIpc) is 2.03. The summed E-state index contributed by atoms with van der Waals surface area (Å²) in [5.41, 5.74) is 5.97. The van der Waals surface area contributed by atoms with E-state index in [9.17, 15) is 4.57 Å². The van der Waals surface area contributed by atoms with Gasteiger partial charge >= 0.3 is 6.87 Å². The molecule has 0 aromatic heterocycles. The minimum atomic E-state index is -3.42. The molecule has 13 heavy (non-hydrogen) atoms. The van der Waals surface area contributed by atoms with E-state index in [1.807, 2.05) is 30.3 Å². The van der Waals surface area contributed by atoms with Crippen molar-refractivity contribution in [1.29, 1.82) is 0 Å². The number of hydrogen-bond donors (Lipinski definition) is 1. The van der Waals surface area contributed by atoms with Crippen molar-refractivity contribution in [1.82, 2.24) is 0 Å². The third kappa shape index (κ3) is 3.92. The minimum absolute atomic E-state index is 0.352. The van der Waals surface area contributed by atoms with E-state index in [2.05, 4.69) is 0 Å². The van der Waals surface area contributed by atoms with Crippen LogP contribution in [0.5, 0.6) is 0 Å². The molecule has 3 nitrogen and oxygen atoms in total. The normalized spacial score (nSPS) is 17.8. The van der Waals surface area contributed by atoms with Gasteiger partial charge in [0.25, 0.3) is 0 Å². The second-order valence-electron chi connectivity index (χ2n) is 2.68. The van der Waals surface area contributed by atoms with Gasteiger partial charge in [-0.25, -0.2) is 5.50 Å². The maximum absolute atomic E-state index is 10.9. The Morgan fingerprint density at radius 3 is 2.46 bits per heavy atom. The van der Waals surface area contributed by atoms with E-state index >= 15 is 0 Å². The lowest BCUT2D eigenvalue weighted by Crippen LogP contribution is -2.00. The lowest BCUT2D eigenvalue weighted by molar-refractivity contribution is 0.237. The quantitative estimate of drug-likeness (QED) is 0.795. The molecular weight excluding hydrogens is 209 g/mol. The van der Waals surface area contributed by atoms with Gasteiger partial charge in [0.05, 0.1) is 6.10 Å². The first kappa shape index (κ1) is 10.7. The first-order valence-corrected chi connectivity index (χ1v) is 6.40. The van der Waals surface area contributed by atoms with E-state index in [0.29, 0.717) is 0 Å². The van der Waals surface area contributed by atoms with Gasteiger partial charge in [-0.1, -0.05) is 30.3 Å². The van der Waals surface area contributed by atoms with Crippen molar-refractivity contribution < 1.29 is 9.09 Å². The summed E-state index contributed by atoms with van der Waals surface area (Å²) in [6.07, 6.45) is -0.352. The van der Waals surface area contributed by atoms with Gasteiger partial charge in [0.1, 0.15) is 0 Å². The van der Waals surface area contributed by atoms with Crippen LogP contribution in [0.15, 0.2) is 30.3 Å². The van der Waals surface area contributed by atoms with E-state index < -0.39 is 6.87 Å². The molecule has 72 valence electrons. The molecular formula is C8H11ClNO2P. The molecule has 2 atom stereocenters. The van der Waals surface area contributed by atoms with Crippen molar-refractivity contribution in [2.75, 3.05) is 0 Å². The third-order valence-electron chi connectivity index (χ3n) is 1.57. The Kier molecular flexibility index (Phi) is 3.51.